The van der Waals surface area contributed by atoms with Gasteiger partial charge in [-0.2, -0.15) is 0 Å². The van der Waals surface area contributed by atoms with E-state index in [-0.39, 0.29) is 5.91 Å². The Balaban J connectivity index is 1.70. The van der Waals surface area contributed by atoms with Crippen LogP contribution < -0.4 is 5.32 Å². The van der Waals surface area contributed by atoms with Gasteiger partial charge in [-0.1, -0.05) is 39.0 Å². The van der Waals surface area contributed by atoms with E-state index in [0.717, 1.165) is 51.3 Å². The zero-order chi connectivity index (χ0) is 19.2. The number of aryl methyl sites for hydroxylation is 2. The summed E-state index contributed by atoms with van der Waals surface area (Å²) in [5.74, 6) is 0.631. The number of carbonyl (C=O) groups is 1. The highest BCUT2D eigenvalue weighted by Crippen LogP contribution is 2.25. The number of carbonyl (C=O) groups excluding carboxylic acids is 1. The Morgan fingerprint density at radius 3 is 2.15 bits per heavy atom. The van der Waals surface area contributed by atoms with Crippen molar-refractivity contribution in [2.24, 2.45) is 0 Å². The first-order valence-corrected chi connectivity index (χ1v) is 9.89. The first-order valence-electron chi connectivity index (χ1n) is 9.89. The van der Waals surface area contributed by atoms with Gasteiger partial charge in [0.2, 0.25) is 0 Å². The summed E-state index contributed by atoms with van der Waals surface area (Å²) in [6, 6.07) is 9.96. The van der Waals surface area contributed by atoms with Crippen molar-refractivity contribution in [3.63, 3.8) is 0 Å². The number of aromatic nitrogens is 2. The van der Waals surface area contributed by atoms with E-state index < -0.39 is 0 Å². The Morgan fingerprint density at radius 1 is 0.963 bits per heavy atom. The normalized spacial score (nSPS) is 15.0. The van der Waals surface area contributed by atoms with Gasteiger partial charge >= 0.3 is 0 Å². The molecule has 0 aliphatic carbocycles. The molecule has 0 unspecified atom stereocenters. The maximum Gasteiger partial charge on any atom is 0.274 e. The highest BCUT2D eigenvalue weighted by molar-refractivity contribution is 5.92. The van der Waals surface area contributed by atoms with Gasteiger partial charge in [0.15, 0.2) is 11.5 Å². The molecule has 1 aliphatic heterocycles. The van der Waals surface area contributed by atoms with Crippen LogP contribution in [0, 0.1) is 0 Å². The number of benzene rings is 1. The summed E-state index contributed by atoms with van der Waals surface area (Å²) in [6.45, 7) is 10.8. The van der Waals surface area contributed by atoms with Crippen LogP contribution in [0.15, 0.2) is 30.3 Å². The molecule has 1 aromatic heterocycles. The van der Waals surface area contributed by atoms with Crippen molar-refractivity contribution in [2.45, 2.75) is 33.6 Å². The molecule has 0 spiro atoms. The second kappa shape index (κ2) is 8.95. The number of anilines is 2. The molecule has 0 bridgehead atoms. The van der Waals surface area contributed by atoms with Crippen molar-refractivity contribution in [3.05, 3.63) is 47.2 Å². The van der Waals surface area contributed by atoms with Crippen LogP contribution in [0.25, 0.3) is 0 Å². The minimum atomic E-state index is -0.0343. The van der Waals surface area contributed by atoms with Crippen LogP contribution in [0.5, 0.6) is 0 Å². The molecule has 0 saturated carbocycles. The summed E-state index contributed by atoms with van der Waals surface area (Å²) >= 11 is 0. The highest BCUT2D eigenvalue weighted by atomic mass is 16.2. The van der Waals surface area contributed by atoms with Crippen molar-refractivity contribution in [2.75, 3.05) is 38.0 Å². The number of amides is 1. The summed E-state index contributed by atoms with van der Waals surface area (Å²) in [6.07, 6.45) is 1.90. The van der Waals surface area contributed by atoms with E-state index in [0.29, 0.717) is 11.5 Å². The topological polar surface area (TPSA) is 61.4 Å². The summed E-state index contributed by atoms with van der Waals surface area (Å²) in [7, 11) is 0. The smallest absolute Gasteiger partial charge is 0.274 e. The van der Waals surface area contributed by atoms with Crippen LogP contribution >= 0.6 is 0 Å². The Labute approximate surface area is 161 Å². The molecule has 0 atom stereocenters. The number of hydrogen-bond donors (Lipinski definition) is 1. The Kier molecular flexibility index (Phi) is 6.40. The molecule has 27 heavy (non-hydrogen) atoms. The summed E-state index contributed by atoms with van der Waals surface area (Å²) in [4.78, 5) is 16.9. The fourth-order valence-corrected chi connectivity index (χ4v) is 3.47. The fourth-order valence-electron chi connectivity index (χ4n) is 3.47. The van der Waals surface area contributed by atoms with Gasteiger partial charge in [-0.05, 0) is 42.6 Å². The van der Waals surface area contributed by atoms with Crippen LogP contribution in [0.3, 0.4) is 0 Å². The predicted molar refractivity (Wildman–Crippen MR) is 109 cm³/mol. The highest BCUT2D eigenvalue weighted by Gasteiger charge is 2.22. The zero-order valence-electron chi connectivity index (χ0n) is 16.5. The molecule has 1 amide bonds. The van der Waals surface area contributed by atoms with Gasteiger partial charge in [0.25, 0.3) is 5.91 Å². The van der Waals surface area contributed by atoms with Crippen LogP contribution in [0.4, 0.5) is 11.5 Å². The number of likely N-dealkylation sites (N-methyl/N-ethyl adjacent to an activating group) is 1. The lowest BCUT2D eigenvalue weighted by Crippen LogP contribution is -2.48. The lowest BCUT2D eigenvalue weighted by Gasteiger charge is -2.33. The first kappa shape index (κ1) is 19.3. The molecular formula is C21H29N5O. The molecule has 1 saturated heterocycles. The van der Waals surface area contributed by atoms with Crippen LogP contribution in [-0.4, -0.2) is 58.6 Å². The van der Waals surface area contributed by atoms with Crippen molar-refractivity contribution in [1.29, 1.82) is 0 Å². The molecule has 1 fully saturated rings. The van der Waals surface area contributed by atoms with Gasteiger partial charge in [0.1, 0.15) is 0 Å². The molecule has 144 valence electrons. The lowest BCUT2D eigenvalue weighted by molar-refractivity contribution is 0.0636. The predicted octanol–water partition coefficient (Wildman–Crippen LogP) is 3.12. The number of para-hydroxylation sites is 1. The van der Waals surface area contributed by atoms with Crippen LogP contribution in [0.1, 0.15) is 42.4 Å². The van der Waals surface area contributed by atoms with Crippen LogP contribution in [0.2, 0.25) is 0 Å². The van der Waals surface area contributed by atoms with E-state index >= 15 is 0 Å². The van der Waals surface area contributed by atoms with Gasteiger partial charge in [-0.3, -0.25) is 4.79 Å². The van der Waals surface area contributed by atoms with Crippen molar-refractivity contribution in [1.82, 2.24) is 20.0 Å². The number of piperazine rings is 1. The molecule has 1 N–H and O–H groups in total. The zero-order valence-corrected chi connectivity index (χ0v) is 16.5. The Hall–Kier alpha value is -2.47. The Bertz CT molecular complexity index is 744. The maximum atomic E-state index is 12.6. The SMILES string of the molecule is CCc1cccc(CC)c1Nc1ccc(C(=O)N2CCN(CC)CC2)nn1. The molecular weight excluding hydrogens is 338 g/mol. The number of rotatable bonds is 6. The van der Waals surface area contributed by atoms with Gasteiger partial charge < -0.3 is 15.1 Å². The second-order valence-corrected chi connectivity index (χ2v) is 6.81. The van der Waals surface area contributed by atoms with E-state index in [1.54, 1.807) is 6.07 Å². The van der Waals surface area contributed by atoms with E-state index in [9.17, 15) is 4.79 Å². The second-order valence-electron chi connectivity index (χ2n) is 6.81. The maximum absolute atomic E-state index is 12.6. The lowest BCUT2D eigenvalue weighted by atomic mass is 10.0. The van der Waals surface area contributed by atoms with Gasteiger partial charge in [-0.15, -0.1) is 10.2 Å². The molecule has 3 rings (SSSR count). The van der Waals surface area contributed by atoms with Gasteiger partial charge in [0.05, 0.1) is 0 Å². The number of nitrogens with one attached hydrogen (secondary N) is 1. The van der Waals surface area contributed by atoms with Crippen molar-refractivity contribution in [3.8, 4) is 0 Å². The third-order valence-electron chi connectivity index (χ3n) is 5.24. The van der Waals surface area contributed by atoms with Crippen molar-refractivity contribution >= 4 is 17.4 Å². The average molecular weight is 367 g/mol. The first-order chi connectivity index (χ1) is 13.2. The third kappa shape index (κ3) is 4.45. The average Bonchev–Trinajstić information content (AvgIpc) is 2.74. The molecule has 1 aliphatic rings. The minimum absolute atomic E-state index is 0.0343. The van der Waals surface area contributed by atoms with E-state index in [1.165, 1.54) is 11.1 Å². The third-order valence-corrected chi connectivity index (χ3v) is 5.24. The van der Waals surface area contributed by atoms with Gasteiger partial charge in [0, 0.05) is 31.9 Å². The van der Waals surface area contributed by atoms with E-state index in [4.69, 9.17) is 0 Å². The quantitative estimate of drug-likeness (QED) is 0.850. The molecule has 6 nitrogen and oxygen atoms in total. The summed E-state index contributed by atoms with van der Waals surface area (Å²) in [5.41, 5.74) is 4.02. The summed E-state index contributed by atoms with van der Waals surface area (Å²) < 4.78 is 0. The van der Waals surface area contributed by atoms with E-state index in [2.05, 4.69) is 59.4 Å². The number of nitrogens with zero attached hydrogens (tertiary/aromatic N) is 4. The summed E-state index contributed by atoms with van der Waals surface area (Å²) in [5, 5.41) is 11.8. The van der Waals surface area contributed by atoms with Gasteiger partial charge in [-0.25, -0.2) is 0 Å². The molecule has 0 radical (unpaired) electrons. The standard InChI is InChI=1S/C21H29N5O/c1-4-16-8-7-9-17(5-2)20(16)22-19-11-10-18(23-24-19)21(27)26-14-12-25(6-3)13-15-26/h7-11H,4-6,12-15H2,1-3H3,(H,22,24). The minimum Gasteiger partial charge on any atom is -0.338 e. The van der Waals surface area contributed by atoms with Crippen molar-refractivity contribution < 1.29 is 4.79 Å². The van der Waals surface area contributed by atoms with Crippen LogP contribution in [-0.2, 0) is 12.8 Å². The van der Waals surface area contributed by atoms with E-state index in [1.807, 2.05) is 11.0 Å². The molecule has 1 aromatic carbocycles. The molecule has 2 aromatic rings. The molecule has 2 heterocycles. The fraction of sp³-hybridized carbons (Fsp3) is 0.476. The largest absolute Gasteiger partial charge is 0.338 e. The monoisotopic (exact) mass is 367 g/mol. The molecule has 6 heteroatoms. The number of hydrogen-bond acceptors (Lipinski definition) is 5. The Morgan fingerprint density at radius 2 is 1.63 bits per heavy atom.